The summed E-state index contributed by atoms with van der Waals surface area (Å²) in [7, 11) is 0. The lowest BCUT2D eigenvalue weighted by molar-refractivity contribution is -0.384. The lowest BCUT2D eigenvalue weighted by Gasteiger charge is -2.06. The van der Waals surface area contributed by atoms with Crippen molar-refractivity contribution in [3.63, 3.8) is 0 Å². The highest BCUT2D eigenvalue weighted by Gasteiger charge is 2.18. The number of nitro benzene ring substituents is 1. The van der Waals surface area contributed by atoms with Gasteiger partial charge in [0.15, 0.2) is 0 Å². The monoisotopic (exact) mass is 354 g/mol. The van der Waals surface area contributed by atoms with Crippen molar-refractivity contribution < 1.29 is 9.72 Å². The number of rotatable bonds is 6. The van der Waals surface area contributed by atoms with Crippen molar-refractivity contribution in [3.8, 4) is 0 Å². The maximum Gasteiger partial charge on any atom is 0.270 e. The minimum atomic E-state index is -0.569. The molecule has 122 valence electrons. The molecule has 1 heterocycles. The van der Waals surface area contributed by atoms with Crippen LogP contribution in [0.4, 0.5) is 10.8 Å². The molecule has 1 amide bonds. The van der Waals surface area contributed by atoms with Crippen LogP contribution in [0.1, 0.15) is 48.0 Å². The fourth-order valence-electron chi connectivity index (χ4n) is 2.05. The Morgan fingerprint density at radius 1 is 1.39 bits per heavy atom. The minimum Gasteiger partial charge on any atom is -0.296 e. The molecule has 0 fully saturated rings. The SMILES string of the molecule is CCC(CC)c1nnc(NC(=O)c2ccc([N+](=O)[O-])cc2Cl)s1. The molecular formula is C14H15ClN4O3S. The molecule has 0 unspecified atom stereocenters. The standard InChI is InChI=1S/C14H15ClN4O3S/c1-3-8(4-2)13-17-18-14(23-13)16-12(20)10-6-5-9(19(21)22)7-11(10)15/h5-8H,3-4H2,1-2H3,(H,16,18,20). The quantitative estimate of drug-likeness (QED) is 0.617. The van der Waals surface area contributed by atoms with Crippen molar-refractivity contribution >= 4 is 39.7 Å². The average Bonchev–Trinajstić information content (AvgIpc) is 2.96. The number of amides is 1. The summed E-state index contributed by atoms with van der Waals surface area (Å²) >= 11 is 7.26. The molecule has 23 heavy (non-hydrogen) atoms. The van der Waals surface area contributed by atoms with E-state index in [0.717, 1.165) is 23.9 Å². The Hall–Kier alpha value is -2.06. The van der Waals surface area contributed by atoms with Gasteiger partial charge in [-0.25, -0.2) is 0 Å². The number of benzene rings is 1. The summed E-state index contributed by atoms with van der Waals surface area (Å²) in [5.41, 5.74) is -0.0185. The first kappa shape index (κ1) is 17.3. The number of carbonyl (C=O) groups is 1. The highest BCUT2D eigenvalue weighted by molar-refractivity contribution is 7.15. The molecule has 0 spiro atoms. The van der Waals surface area contributed by atoms with Crippen molar-refractivity contribution in [2.75, 3.05) is 5.32 Å². The lowest BCUT2D eigenvalue weighted by atomic mass is 10.1. The molecular weight excluding hydrogens is 340 g/mol. The molecule has 7 nitrogen and oxygen atoms in total. The molecule has 1 aromatic heterocycles. The molecule has 0 aliphatic carbocycles. The molecule has 0 saturated heterocycles. The van der Waals surface area contributed by atoms with Gasteiger partial charge >= 0.3 is 0 Å². The van der Waals surface area contributed by atoms with Gasteiger partial charge in [0.1, 0.15) is 5.01 Å². The Kier molecular flexibility index (Phi) is 5.62. The number of nitrogens with one attached hydrogen (secondary N) is 1. The number of nitrogens with zero attached hydrogens (tertiary/aromatic N) is 3. The number of nitro groups is 1. The molecule has 0 aliphatic rings. The highest BCUT2D eigenvalue weighted by atomic mass is 35.5. The molecule has 9 heteroatoms. The maximum atomic E-state index is 12.2. The van der Waals surface area contributed by atoms with Crippen LogP contribution in [-0.2, 0) is 0 Å². The van der Waals surface area contributed by atoms with Gasteiger partial charge in [0.2, 0.25) is 5.13 Å². The fraction of sp³-hybridized carbons (Fsp3) is 0.357. The zero-order chi connectivity index (χ0) is 17.0. The summed E-state index contributed by atoms with van der Waals surface area (Å²) in [5.74, 6) is -0.154. The van der Waals surface area contributed by atoms with E-state index in [9.17, 15) is 14.9 Å². The number of non-ortho nitro benzene ring substituents is 1. The summed E-state index contributed by atoms with van der Waals surface area (Å²) in [6, 6.07) is 3.70. The van der Waals surface area contributed by atoms with Crippen LogP contribution in [0.5, 0.6) is 0 Å². The predicted octanol–water partition coefficient (Wildman–Crippen LogP) is 4.26. The number of halogens is 1. The van der Waals surface area contributed by atoms with Crippen molar-refractivity contribution in [1.29, 1.82) is 0 Å². The normalized spacial score (nSPS) is 10.8. The average molecular weight is 355 g/mol. The smallest absolute Gasteiger partial charge is 0.270 e. The van der Waals surface area contributed by atoms with Crippen molar-refractivity contribution in [2.24, 2.45) is 0 Å². The number of anilines is 1. The molecule has 0 bridgehead atoms. The van der Waals surface area contributed by atoms with Crippen LogP contribution in [0.3, 0.4) is 0 Å². The molecule has 0 atom stereocenters. The van der Waals surface area contributed by atoms with E-state index in [0.29, 0.717) is 11.0 Å². The van der Waals surface area contributed by atoms with Crippen LogP contribution in [0.15, 0.2) is 18.2 Å². The molecule has 2 aromatic rings. The van der Waals surface area contributed by atoms with E-state index < -0.39 is 10.8 Å². The van der Waals surface area contributed by atoms with E-state index in [-0.39, 0.29) is 16.3 Å². The lowest BCUT2D eigenvalue weighted by Crippen LogP contribution is -2.12. The van der Waals surface area contributed by atoms with Crippen molar-refractivity contribution in [1.82, 2.24) is 10.2 Å². The van der Waals surface area contributed by atoms with Gasteiger partial charge in [-0.15, -0.1) is 10.2 Å². The summed E-state index contributed by atoms with van der Waals surface area (Å²) < 4.78 is 0. The second kappa shape index (κ2) is 7.47. The van der Waals surface area contributed by atoms with Crippen LogP contribution in [0.2, 0.25) is 5.02 Å². The summed E-state index contributed by atoms with van der Waals surface area (Å²) in [6.45, 7) is 4.15. The van der Waals surface area contributed by atoms with Crippen LogP contribution < -0.4 is 5.32 Å². The highest BCUT2D eigenvalue weighted by Crippen LogP contribution is 2.29. The van der Waals surface area contributed by atoms with Gasteiger partial charge in [0, 0.05) is 18.1 Å². The van der Waals surface area contributed by atoms with E-state index in [2.05, 4.69) is 29.4 Å². The van der Waals surface area contributed by atoms with Gasteiger partial charge in [0.05, 0.1) is 15.5 Å². The minimum absolute atomic E-state index is 0.0152. The Morgan fingerprint density at radius 2 is 2.09 bits per heavy atom. The molecule has 0 saturated carbocycles. The summed E-state index contributed by atoms with van der Waals surface area (Å²) in [4.78, 5) is 22.3. The van der Waals surface area contributed by atoms with E-state index >= 15 is 0 Å². The van der Waals surface area contributed by atoms with Gasteiger partial charge in [0.25, 0.3) is 11.6 Å². The van der Waals surface area contributed by atoms with Crippen molar-refractivity contribution in [2.45, 2.75) is 32.6 Å². The molecule has 2 rings (SSSR count). The summed E-state index contributed by atoms with van der Waals surface area (Å²) in [5, 5.41) is 22.6. The Balaban J connectivity index is 2.15. The second-order valence-corrected chi connectivity index (χ2v) is 6.25. The van der Waals surface area contributed by atoms with E-state index in [1.807, 2.05) is 0 Å². The molecule has 0 radical (unpaired) electrons. The van der Waals surface area contributed by atoms with Gasteiger partial charge < -0.3 is 0 Å². The van der Waals surface area contributed by atoms with E-state index in [1.54, 1.807) is 0 Å². The Labute approximate surface area is 141 Å². The number of hydrogen-bond donors (Lipinski definition) is 1. The first-order valence-electron chi connectivity index (χ1n) is 7.04. The van der Waals surface area contributed by atoms with Crippen LogP contribution in [0.25, 0.3) is 0 Å². The third kappa shape index (κ3) is 4.02. The molecule has 1 aromatic carbocycles. The number of carbonyl (C=O) groups excluding carboxylic acids is 1. The largest absolute Gasteiger partial charge is 0.296 e. The fourth-order valence-corrected chi connectivity index (χ4v) is 3.32. The van der Waals surface area contributed by atoms with Gasteiger partial charge in [-0.2, -0.15) is 0 Å². The third-order valence-corrected chi connectivity index (χ3v) is 4.72. The number of hydrogen-bond acceptors (Lipinski definition) is 6. The Bertz CT molecular complexity index is 731. The topological polar surface area (TPSA) is 98.0 Å². The zero-order valence-corrected chi connectivity index (χ0v) is 14.1. The maximum absolute atomic E-state index is 12.2. The van der Waals surface area contributed by atoms with Crippen LogP contribution in [0, 0.1) is 10.1 Å². The predicted molar refractivity (Wildman–Crippen MR) is 89.3 cm³/mol. The Morgan fingerprint density at radius 3 is 2.65 bits per heavy atom. The van der Waals surface area contributed by atoms with Crippen LogP contribution >= 0.6 is 22.9 Å². The summed E-state index contributed by atoms with van der Waals surface area (Å²) in [6.07, 6.45) is 1.90. The third-order valence-electron chi connectivity index (χ3n) is 3.40. The molecule has 0 aliphatic heterocycles. The van der Waals surface area contributed by atoms with Crippen molar-refractivity contribution in [3.05, 3.63) is 43.9 Å². The second-order valence-electron chi connectivity index (χ2n) is 4.83. The van der Waals surface area contributed by atoms with E-state index in [1.165, 1.54) is 23.5 Å². The molecule has 1 N–H and O–H groups in total. The van der Waals surface area contributed by atoms with Gasteiger partial charge in [-0.3, -0.25) is 20.2 Å². The first-order chi connectivity index (χ1) is 11.0. The van der Waals surface area contributed by atoms with Gasteiger partial charge in [-0.05, 0) is 18.9 Å². The van der Waals surface area contributed by atoms with Gasteiger partial charge in [-0.1, -0.05) is 36.8 Å². The number of aromatic nitrogens is 2. The van der Waals surface area contributed by atoms with E-state index in [4.69, 9.17) is 11.6 Å². The van der Waals surface area contributed by atoms with Crippen LogP contribution in [-0.4, -0.2) is 21.0 Å². The zero-order valence-electron chi connectivity index (χ0n) is 12.6. The first-order valence-corrected chi connectivity index (χ1v) is 8.24.